The Morgan fingerprint density at radius 3 is 1.20 bits per heavy atom. The first-order valence-electron chi connectivity index (χ1n) is 26.4. The average molecular weight is 834 g/mol. The van der Waals surface area contributed by atoms with Crippen molar-refractivity contribution in [3.63, 3.8) is 0 Å². The molecule has 3 N–H and O–H groups in total. The number of esters is 1. The number of amides is 1. The number of aliphatic hydroxyl groups excluding tert-OH is 2. The SMILES string of the molecule is CCCCCCCCCCCCCCCCCCCCC(O)C(CO)NC(=O)CCCCCC/C=C\CCCCOC(=O)CCCCCCCCCCCCCCCC. The van der Waals surface area contributed by atoms with Crippen LogP contribution in [0.25, 0.3) is 0 Å². The van der Waals surface area contributed by atoms with Crippen LogP contribution in [0, 0.1) is 0 Å². The molecule has 350 valence electrons. The van der Waals surface area contributed by atoms with Crippen LogP contribution >= 0.6 is 0 Å². The predicted molar refractivity (Wildman–Crippen MR) is 255 cm³/mol. The fourth-order valence-electron chi connectivity index (χ4n) is 8.22. The third-order valence-electron chi connectivity index (χ3n) is 12.3. The molecule has 0 heterocycles. The highest BCUT2D eigenvalue weighted by Gasteiger charge is 2.20. The van der Waals surface area contributed by atoms with Crippen LogP contribution < -0.4 is 5.32 Å². The van der Waals surface area contributed by atoms with Crippen molar-refractivity contribution in [2.45, 2.75) is 302 Å². The van der Waals surface area contributed by atoms with Crippen LogP contribution in [-0.4, -0.2) is 47.4 Å². The van der Waals surface area contributed by atoms with Crippen molar-refractivity contribution in [1.29, 1.82) is 0 Å². The number of allylic oxidation sites excluding steroid dienone is 2. The molecule has 0 aliphatic carbocycles. The molecular weight excluding hydrogens is 731 g/mol. The number of ether oxygens (including phenoxy) is 1. The van der Waals surface area contributed by atoms with Crippen molar-refractivity contribution < 1.29 is 24.5 Å². The lowest BCUT2D eigenvalue weighted by Crippen LogP contribution is -2.45. The molecule has 0 aliphatic rings. The quantitative estimate of drug-likeness (QED) is 0.0322. The average Bonchev–Trinajstić information content (AvgIpc) is 3.24. The topological polar surface area (TPSA) is 95.9 Å². The number of aliphatic hydroxyl groups is 2. The molecule has 0 saturated carbocycles. The fourth-order valence-corrected chi connectivity index (χ4v) is 8.22. The van der Waals surface area contributed by atoms with Gasteiger partial charge in [-0.25, -0.2) is 0 Å². The standard InChI is InChI=1S/C53H103NO5/c1-3-5-7-9-11-13-15-17-19-20-21-22-23-25-29-33-37-41-45-51(56)50(49-55)54-52(57)46-42-38-34-30-27-28-32-36-40-44-48-59-53(58)47-43-39-35-31-26-24-18-16-14-12-10-8-6-4-2/h28,32,50-51,55-56H,3-27,29-31,33-49H2,1-2H3,(H,54,57)/b32-28-. The Bertz CT molecular complexity index is 878. The molecule has 0 aromatic carbocycles. The lowest BCUT2D eigenvalue weighted by molar-refractivity contribution is -0.143. The van der Waals surface area contributed by atoms with Gasteiger partial charge in [-0.15, -0.1) is 0 Å². The molecule has 2 atom stereocenters. The van der Waals surface area contributed by atoms with Gasteiger partial charge in [0.2, 0.25) is 5.91 Å². The molecular formula is C53H103NO5. The Morgan fingerprint density at radius 1 is 0.458 bits per heavy atom. The Labute approximate surface area is 368 Å². The van der Waals surface area contributed by atoms with Gasteiger partial charge < -0.3 is 20.3 Å². The maximum absolute atomic E-state index is 12.5. The van der Waals surface area contributed by atoms with Crippen LogP contribution in [0.3, 0.4) is 0 Å². The van der Waals surface area contributed by atoms with E-state index in [1.165, 1.54) is 180 Å². The molecule has 2 unspecified atom stereocenters. The van der Waals surface area contributed by atoms with Gasteiger partial charge in [-0.05, 0) is 51.4 Å². The monoisotopic (exact) mass is 834 g/mol. The molecule has 1 amide bonds. The largest absolute Gasteiger partial charge is 0.466 e. The van der Waals surface area contributed by atoms with Crippen LogP contribution in [0.15, 0.2) is 12.2 Å². The van der Waals surface area contributed by atoms with Gasteiger partial charge in [0, 0.05) is 12.8 Å². The molecule has 6 nitrogen and oxygen atoms in total. The van der Waals surface area contributed by atoms with Gasteiger partial charge in [0.1, 0.15) is 0 Å². The van der Waals surface area contributed by atoms with E-state index in [9.17, 15) is 19.8 Å². The van der Waals surface area contributed by atoms with E-state index < -0.39 is 12.1 Å². The minimum atomic E-state index is -0.685. The second-order valence-corrected chi connectivity index (χ2v) is 18.2. The van der Waals surface area contributed by atoms with Crippen molar-refractivity contribution in [2.75, 3.05) is 13.2 Å². The normalized spacial score (nSPS) is 12.7. The van der Waals surface area contributed by atoms with Crippen LogP contribution in [0.2, 0.25) is 0 Å². The van der Waals surface area contributed by atoms with E-state index in [2.05, 4.69) is 31.3 Å². The zero-order valence-corrected chi connectivity index (χ0v) is 39.7. The molecule has 0 rings (SSSR count). The second kappa shape index (κ2) is 49.3. The predicted octanol–water partition coefficient (Wildman–Crippen LogP) is 15.7. The number of nitrogens with one attached hydrogen (secondary N) is 1. The summed E-state index contributed by atoms with van der Waals surface area (Å²) in [7, 11) is 0. The molecule has 0 aromatic rings. The number of unbranched alkanes of at least 4 members (excludes halogenated alkanes) is 36. The number of carbonyl (C=O) groups excluding carboxylic acids is 2. The van der Waals surface area contributed by atoms with Gasteiger partial charge in [-0.3, -0.25) is 9.59 Å². The van der Waals surface area contributed by atoms with Crippen LogP contribution in [0.4, 0.5) is 0 Å². The maximum Gasteiger partial charge on any atom is 0.305 e. The van der Waals surface area contributed by atoms with E-state index in [0.717, 1.165) is 77.0 Å². The first-order chi connectivity index (χ1) is 29.0. The third-order valence-corrected chi connectivity index (χ3v) is 12.3. The van der Waals surface area contributed by atoms with Crippen molar-refractivity contribution in [3.05, 3.63) is 12.2 Å². The van der Waals surface area contributed by atoms with Gasteiger partial charge in [0.15, 0.2) is 0 Å². The van der Waals surface area contributed by atoms with Gasteiger partial charge in [0.05, 0.1) is 25.4 Å². The Balaban J connectivity index is 3.51. The lowest BCUT2D eigenvalue weighted by atomic mass is 10.0. The Hall–Kier alpha value is -1.40. The molecule has 0 radical (unpaired) electrons. The highest BCUT2D eigenvalue weighted by molar-refractivity contribution is 5.76. The summed E-state index contributed by atoms with van der Waals surface area (Å²) in [5, 5.41) is 23.2. The molecule has 0 fully saturated rings. The summed E-state index contributed by atoms with van der Waals surface area (Å²) in [6.07, 6.45) is 56.1. The van der Waals surface area contributed by atoms with Gasteiger partial charge in [-0.2, -0.15) is 0 Å². The number of hydrogen-bond acceptors (Lipinski definition) is 5. The zero-order valence-electron chi connectivity index (χ0n) is 39.7. The summed E-state index contributed by atoms with van der Waals surface area (Å²) in [4.78, 5) is 24.5. The van der Waals surface area contributed by atoms with Crippen molar-refractivity contribution in [3.8, 4) is 0 Å². The van der Waals surface area contributed by atoms with Crippen molar-refractivity contribution >= 4 is 11.9 Å². The van der Waals surface area contributed by atoms with Gasteiger partial charge in [0.25, 0.3) is 0 Å². The minimum absolute atomic E-state index is 0.0335. The highest BCUT2D eigenvalue weighted by Crippen LogP contribution is 2.17. The number of hydrogen-bond donors (Lipinski definition) is 3. The van der Waals surface area contributed by atoms with Crippen molar-refractivity contribution in [1.82, 2.24) is 5.32 Å². The number of rotatable bonds is 49. The first kappa shape index (κ1) is 57.6. The molecule has 0 spiro atoms. The summed E-state index contributed by atoms with van der Waals surface area (Å²) in [5.74, 6) is -0.102. The summed E-state index contributed by atoms with van der Waals surface area (Å²) < 4.78 is 5.43. The summed E-state index contributed by atoms with van der Waals surface area (Å²) >= 11 is 0. The molecule has 6 heteroatoms. The van der Waals surface area contributed by atoms with E-state index in [0.29, 0.717) is 25.9 Å². The summed E-state index contributed by atoms with van der Waals surface area (Å²) in [5.41, 5.74) is 0. The van der Waals surface area contributed by atoms with Crippen LogP contribution in [0.1, 0.15) is 290 Å². The maximum atomic E-state index is 12.5. The minimum Gasteiger partial charge on any atom is -0.466 e. The molecule has 0 aromatic heterocycles. The van der Waals surface area contributed by atoms with E-state index in [1.54, 1.807) is 0 Å². The Morgan fingerprint density at radius 2 is 0.797 bits per heavy atom. The molecule has 59 heavy (non-hydrogen) atoms. The molecule has 0 aliphatic heterocycles. The molecule has 0 saturated heterocycles. The second-order valence-electron chi connectivity index (χ2n) is 18.2. The van der Waals surface area contributed by atoms with Gasteiger partial charge in [-0.1, -0.05) is 238 Å². The summed E-state index contributed by atoms with van der Waals surface area (Å²) in [6, 6.07) is -0.565. The van der Waals surface area contributed by atoms with E-state index in [4.69, 9.17) is 4.74 Å². The van der Waals surface area contributed by atoms with Crippen molar-refractivity contribution in [2.24, 2.45) is 0 Å². The smallest absolute Gasteiger partial charge is 0.305 e. The fraction of sp³-hybridized carbons (Fsp3) is 0.925. The Kier molecular flexibility index (Phi) is 48.1. The molecule has 0 bridgehead atoms. The van der Waals surface area contributed by atoms with E-state index >= 15 is 0 Å². The lowest BCUT2D eigenvalue weighted by Gasteiger charge is -2.22. The van der Waals surface area contributed by atoms with E-state index in [1.807, 2.05) is 0 Å². The summed E-state index contributed by atoms with van der Waals surface area (Å²) in [6.45, 7) is 4.88. The zero-order chi connectivity index (χ0) is 43.0. The van der Waals surface area contributed by atoms with Crippen LogP contribution in [0.5, 0.6) is 0 Å². The van der Waals surface area contributed by atoms with Crippen LogP contribution in [-0.2, 0) is 14.3 Å². The highest BCUT2D eigenvalue weighted by atomic mass is 16.5. The van der Waals surface area contributed by atoms with Gasteiger partial charge >= 0.3 is 5.97 Å². The number of carbonyl (C=O) groups is 2. The third kappa shape index (κ3) is 45.9. The first-order valence-corrected chi connectivity index (χ1v) is 26.4. The van der Waals surface area contributed by atoms with E-state index in [-0.39, 0.29) is 18.5 Å².